The number of aromatic nitrogens is 4. The molecule has 2 heterocycles. The molecule has 8 rings (SSSR count). The van der Waals surface area contributed by atoms with Gasteiger partial charge in [0.1, 0.15) is 26.2 Å². The average Bonchev–Trinajstić information content (AvgIpc) is 3.64. The van der Waals surface area contributed by atoms with Crippen molar-refractivity contribution in [2.24, 2.45) is 0 Å². The van der Waals surface area contributed by atoms with Crippen LogP contribution in [0.1, 0.15) is 33.4 Å². The molecule has 0 saturated heterocycles. The largest absolute Gasteiger partial charge is 1.00 e. The second kappa shape index (κ2) is 15.2. The summed E-state index contributed by atoms with van der Waals surface area (Å²) in [6.45, 7) is 7.65. The number of aryl methyl sites for hydroxylation is 2. The molecule has 2 aromatic heterocycles. The molecule has 0 atom stereocenters. The van der Waals surface area contributed by atoms with E-state index < -0.39 is 0 Å². The van der Waals surface area contributed by atoms with E-state index in [0.717, 1.165) is 26.2 Å². The van der Waals surface area contributed by atoms with E-state index in [9.17, 15) is 0 Å². The van der Waals surface area contributed by atoms with Gasteiger partial charge in [0.15, 0.2) is 22.1 Å². The quantitative estimate of drug-likeness (QED) is 0.207. The number of hydrogen-bond donors (Lipinski definition) is 0. The molecule has 0 spiro atoms. The SMILES string of the molecule is Cc1ccc(Cn2c[n+](Cc3ccc(-c4ccc(C[n+]5cn(Cc6ccc(C)cc6)c6ccccc65)cc4)cc3)c3ccccc32)cc1.[Cl-].[Cl-]. The first-order valence-corrected chi connectivity index (χ1v) is 16.8. The Hall–Kier alpha value is -5.16. The molecule has 0 unspecified atom stereocenters. The Balaban J connectivity index is 0.00000216. The van der Waals surface area contributed by atoms with Gasteiger partial charge in [0.25, 0.3) is 0 Å². The van der Waals surface area contributed by atoms with Crippen molar-refractivity contribution in [1.82, 2.24) is 9.13 Å². The van der Waals surface area contributed by atoms with Gasteiger partial charge in [-0.2, -0.15) is 0 Å². The van der Waals surface area contributed by atoms with Crippen molar-refractivity contribution >= 4 is 22.1 Å². The van der Waals surface area contributed by atoms with Crippen molar-refractivity contribution in [1.29, 1.82) is 0 Å². The lowest BCUT2D eigenvalue weighted by molar-refractivity contribution is -0.663. The highest BCUT2D eigenvalue weighted by Crippen LogP contribution is 2.22. The second-order valence-electron chi connectivity index (χ2n) is 13.1. The van der Waals surface area contributed by atoms with Crippen LogP contribution in [0.25, 0.3) is 33.2 Å². The maximum atomic E-state index is 2.36. The van der Waals surface area contributed by atoms with Crippen molar-refractivity contribution in [2.75, 3.05) is 0 Å². The predicted octanol–water partition coefficient (Wildman–Crippen LogP) is 2.66. The standard InChI is InChI=1S/C44H40N4.2ClH/c1-33-11-15-35(16-12-33)27-45-31-47(43-9-5-3-7-41(43)45)29-37-19-23-39(24-20-37)40-25-21-38(22-26-40)30-48-32-46(42-8-4-6-10-44(42)48)28-36-17-13-34(2)14-18-36;;/h3-26,31-32H,27-30H2,1-2H3;2*1H/q+2;;/p-2. The summed E-state index contributed by atoms with van der Waals surface area (Å²) in [6, 6.07) is 53.1. The molecule has 0 amide bonds. The van der Waals surface area contributed by atoms with Gasteiger partial charge in [-0.25, -0.2) is 18.3 Å². The molecule has 8 aromatic rings. The van der Waals surface area contributed by atoms with E-state index in [4.69, 9.17) is 0 Å². The number of hydrogen-bond acceptors (Lipinski definition) is 0. The summed E-state index contributed by atoms with van der Waals surface area (Å²) in [5.74, 6) is 0. The molecule has 250 valence electrons. The smallest absolute Gasteiger partial charge is 0.245 e. The molecule has 0 aliphatic carbocycles. The Labute approximate surface area is 306 Å². The number of para-hydroxylation sites is 4. The van der Waals surface area contributed by atoms with E-state index in [2.05, 4.69) is 190 Å². The maximum absolute atomic E-state index is 2.36. The fourth-order valence-electron chi connectivity index (χ4n) is 6.77. The van der Waals surface area contributed by atoms with Crippen LogP contribution in [-0.4, -0.2) is 9.13 Å². The summed E-state index contributed by atoms with van der Waals surface area (Å²) >= 11 is 0. The topological polar surface area (TPSA) is 17.6 Å². The third-order valence-electron chi connectivity index (χ3n) is 9.45. The Kier molecular flexibility index (Phi) is 10.5. The normalized spacial score (nSPS) is 11.0. The van der Waals surface area contributed by atoms with Gasteiger partial charge in [-0.05, 0) is 71.5 Å². The predicted molar refractivity (Wildman–Crippen MR) is 195 cm³/mol. The fraction of sp³-hybridized carbons (Fsp3) is 0.136. The molecule has 6 aromatic carbocycles. The zero-order valence-corrected chi connectivity index (χ0v) is 29.9. The Morgan fingerprint density at radius 1 is 0.400 bits per heavy atom. The minimum atomic E-state index is 0. The van der Waals surface area contributed by atoms with Gasteiger partial charge in [0.05, 0.1) is 0 Å². The van der Waals surface area contributed by atoms with Crippen LogP contribution in [-0.2, 0) is 26.2 Å². The van der Waals surface area contributed by atoms with Crippen LogP contribution in [0.3, 0.4) is 0 Å². The van der Waals surface area contributed by atoms with Crippen molar-refractivity contribution in [3.63, 3.8) is 0 Å². The van der Waals surface area contributed by atoms with E-state index in [-0.39, 0.29) is 24.8 Å². The number of benzene rings is 6. The monoisotopic (exact) mass is 694 g/mol. The summed E-state index contributed by atoms with van der Waals surface area (Å²) in [5.41, 5.74) is 15.3. The lowest BCUT2D eigenvalue weighted by Gasteiger charge is -2.06. The molecular weight excluding hydrogens is 655 g/mol. The molecule has 0 bridgehead atoms. The Morgan fingerprint density at radius 2 is 0.740 bits per heavy atom. The highest BCUT2D eigenvalue weighted by atomic mass is 35.5. The van der Waals surface area contributed by atoms with Crippen molar-refractivity contribution < 1.29 is 33.9 Å². The van der Waals surface area contributed by atoms with Crippen LogP contribution < -0.4 is 33.9 Å². The molecule has 4 nitrogen and oxygen atoms in total. The summed E-state index contributed by atoms with van der Waals surface area (Å²) in [7, 11) is 0. The molecule has 0 saturated carbocycles. The Morgan fingerprint density at radius 3 is 1.12 bits per heavy atom. The molecular formula is C44H40Cl2N4. The van der Waals surface area contributed by atoms with Gasteiger partial charge in [0.2, 0.25) is 12.7 Å². The van der Waals surface area contributed by atoms with Crippen LogP contribution in [0.15, 0.2) is 158 Å². The number of rotatable bonds is 9. The summed E-state index contributed by atoms with van der Waals surface area (Å²) in [5, 5.41) is 0. The molecule has 50 heavy (non-hydrogen) atoms. The molecule has 0 aliphatic heterocycles. The van der Waals surface area contributed by atoms with E-state index in [1.54, 1.807) is 0 Å². The second-order valence-corrected chi connectivity index (χ2v) is 13.1. The van der Waals surface area contributed by atoms with Crippen molar-refractivity contribution in [3.05, 3.63) is 192 Å². The highest BCUT2D eigenvalue weighted by molar-refractivity contribution is 5.72. The van der Waals surface area contributed by atoms with Crippen LogP contribution in [0.2, 0.25) is 0 Å². The first kappa shape index (κ1) is 34.7. The zero-order valence-electron chi connectivity index (χ0n) is 28.4. The first-order valence-electron chi connectivity index (χ1n) is 16.8. The number of imidazole rings is 2. The molecule has 0 aliphatic rings. The molecule has 0 fully saturated rings. The van der Waals surface area contributed by atoms with Gasteiger partial charge in [-0.3, -0.25) is 0 Å². The van der Waals surface area contributed by atoms with Gasteiger partial charge in [0, 0.05) is 0 Å². The lowest BCUT2D eigenvalue weighted by atomic mass is 10.0. The average molecular weight is 696 g/mol. The first-order chi connectivity index (χ1) is 23.6. The minimum Gasteiger partial charge on any atom is -1.00 e. The lowest BCUT2D eigenvalue weighted by Crippen LogP contribution is -3.00. The van der Waals surface area contributed by atoms with E-state index in [1.807, 2.05) is 0 Å². The fourth-order valence-corrected chi connectivity index (χ4v) is 6.77. The van der Waals surface area contributed by atoms with E-state index >= 15 is 0 Å². The summed E-state index contributed by atoms with van der Waals surface area (Å²) in [6.07, 6.45) is 4.52. The van der Waals surface area contributed by atoms with Crippen LogP contribution >= 0.6 is 0 Å². The van der Waals surface area contributed by atoms with Gasteiger partial charge >= 0.3 is 0 Å². The van der Waals surface area contributed by atoms with Crippen LogP contribution in [0.4, 0.5) is 0 Å². The van der Waals surface area contributed by atoms with Crippen molar-refractivity contribution in [2.45, 2.75) is 40.0 Å². The summed E-state index contributed by atoms with van der Waals surface area (Å²) < 4.78 is 9.44. The number of fused-ring (bicyclic) bond motifs is 2. The van der Waals surface area contributed by atoms with E-state index in [1.165, 1.54) is 66.6 Å². The number of halogens is 2. The van der Waals surface area contributed by atoms with Gasteiger partial charge < -0.3 is 24.8 Å². The summed E-state index contributed by atoms with van der Waals surface area (Å²) in [4.78, 5) is 0. The zero-order chi connectivity index (χ0) is 32.5. The van der Waals surface area contributed by atoms with Crippen LogP contribution in [0, 0.1) is 13.8 Å². The van der Waals surface area contributed by atoms with Crippen molar-refractivity contribution in [3.8, 4) is 11.1 Å². The molecule has 0 N–H and O–H groups in total. The van der Waals surface area contributed by atoms with Gasteiger partial charge in [-0.15, -0.1) is 0 Å². The molecule has 6 heteroatoms. The number of nitrogens with zero attached hydrogens (tertiary/aromatic N) is 4. The van der Waals surface area contributed by atoms with Gasteiger partial charge in [-0.1, -0.05) is 132 Å². The minimum absolute atomic E-state index is 0. The third-order valence-corrected chi connectivity index (χ3v) is 9.45. The Bertz CT molecular complexity index is 2170. The molecule has 0 radical (unpaired) electrons. The van der Waals surface area contributed by atoms with E-state index in [0.29, 0.717) is 0 Å². The third kappa shape index (κ3) is 7.38. The maximum Gasteiger partial charge on any atom is 0.245 e. The highest BCUT2D eigenvalue weighted by Gasteiger charge is 2.17. The van der Waals surface area contributed by atoms with Crippen LogP contribution in [0.5, 0.6) is 0 Å².